The summed E-state index contributed by atoms with van der Waals surface area (Å²) in [5, 5.41) is 7.40. The van der Waals surface area contributed by atoms with Crippen molar-refractivity contribution >= 4 is 0 Å². The number of ether oxygens (including phenoxy) is 1. The second-order valence-electron chi connectivity index (χ2n) is 4.61. The number of aryl methyl sites for hydroxylation is 1. The number of nitrogens with zero attached hydrogens (tertiary/aromatic N) is 2. The first kappa shape index (κ1) is 14.5. The van der Waals surface area contributed by atoms with Crippen molar-refractivity contribution in [3.8, 4) is 5.75 Å². The number of nitrogens with one attached hydrogen (secondary N) is 1. The van der Waals surface area contributed by atoms with Crippen LogP contribution in [0.2, 0.25) is 0 Å². The third-order valence-electron chi connectivity index (χ3n) is 3.38. The van der Waals surface area contributed by atoms with E-state index in [4.69, 9.17) is 4.74 Å². The first-order chi connectivity index (χ1) is 9.69. The molecule has 1 heterocycles. The van der Waals surface area contributed by atoms with E-state index in [2.05, 4.69) is 10.4 Å². The van der Waals surface area contributed by atoms with Crippen LogP contribution in [0.5, 0.6) is 5.75 Å². The molecule has 0 saturated carbocycles. The van der Waals surface area contributed by atoms with Gasteiger partial charge in [0.1, 0.15) is 11.6 Å². The van der Waals surface area contributed by atoms with Crippen molar-refractivity contribution in [2.75, 3.05) is 14.2 Å². The quantitative estimate of drug-likeness (QED) is 0.882. The summed E-state index contributed by atoms with van der Waals surface area (Å²) in [6.07, 6.45) is 4.46. The number of halogens is 1. The maximum atomic E-state index is 14.1. The lowest BCUT2D eigenvalue weighted by molar-refractivity contribution is 0.393. The Bertz CT molecular complexity index is 568. The minimum absolute atomic E-state index is 0.152. The van der Waals surface area contributed by atoms with Crippen molar-refractivity contribution < 1.29 is 9.13 Å². The Balaban J connectivity index is 2.28. The van der Waals surface area contributed by atoms with Gasteiger partial charge < -0.3 is 10.1 Å². The van der Waals surface area contributed by atoms with Crippen molar-refractivity contribution in [1.29, 1.82) is 0 Å². The van der Waals surface area contributed by atoms with Gasteiger partial charge in [-0.3, -0.25) is 4.68 Å². The van der Waals surface area contributed by atoms with E-state index in [-0.39, 0.29) is 11.9 Å². The van der Waals surface area contributed by atoms with E-state index in [1.807, 2.05) is 31.0 Å². The Morgan fingerprint density at radius 2 is 2.25 bits per heavy atom. The normalized spacial score (nSPS) is 12.4. The molecule has 108 valence electrons. The molecule has 2 rings (SSSR count). The molecule has 0 bridgehead atoms. The Morgan fingerprint density at radius 3 is 2.85 bits per heavy atom. The lowest BCUT2D eigenvalue weighted by atomic mass is 9.99. The number of methoxy groups -OCH3 is 1. The van der Waals surface area contributed by atoms with Crippen LogP contribution < -0.4 is 10.1 Å². The van der Waals surface area contributed by atoms with Gasteiger partial charge in [-0.15, -0.1) is 0 Å². The molecule has 0 saturated heterocycles. The summed E-state index contributed by atoms with van der Waals surface area (Å²) in [4.78, 5) is 0. The predicted molar refractivity (Wildman–Crippen MR) is 76.4 cm³/mol. The van der Waals surface area contributed by atoms with Gasteiger partial charge in [-0.05, 0) is 38.1 Å². The molecular weight excluding hydrogens is 257 g/mol. The summed E-state index contributed by atoms with van der Waals surface area (Å²) in [6, 6.07) is 4.73. The van der Waals surface area contributed by atoms with Gasteiger partial charge in [-0.25, -0.2) is 4.39 Å². The topological polar surface area (TPSA) is 39.1 Å². The number of hydrogen-bond acceptors (Lipinski definition) is 3. The van der Waals surface area contributed by atoms with Gasteiger partial charge in [0.05, 0.1) is 13.3 Å². The smallest absolute Gasteiger partial charge is 0.131 e. The van der Waals surface area contributed by atoms with E-state index in [1.165, 1.54) is 6.07 Å². The van der Waals surface area contributed by atoms with Crippen LogP contribution in [0.25, 0.3) is 0 Å². The average Bonchev–Trinajstić information content (AvgIpc) is 2.92. The van der Waals surface area contributed by atoms with Crippen LogP contribution >= 0.6 is 0 Å². The van der Waals surface area contributed by atoms with Crippen LogP contribution in [0.15, 0.2) is 30.6 Å². The van der Waals surface area contributed by atoms with Gasteiger partial charge in [0, 0.05) is 24.3 Å². The molecule has 0 fully saturated rings. The Hall–Kier alpha value is -1.88. The van der Waals surface area contributed by atoms with E-state index >= 15 is 0 Å². The highest BCUT2D eigenvalue weighted by Gasteiger charge is 2.20. The first-order valence-corrected chi connectivity index (χ1v) is 6.70. The van der Waals surface area contributed by atoms with E-state index in [0.29, 0.717) is 17.7 Å². The lowest BCUT2D eigenvalue weighted by Gasteiger charge is -2.19. The summed E-state index contributed by atoms with van der Waals surface area (Å²) in [5.74, 6) is 0.304. The molecule has 0 aliphatic heterocycles. The molecular formula is C15H20FN3O. The van der Waals surface area contributed by atoms with E-state index < -0.39 is 0 Å². The maximum Gasteiger partial charge on any atom is 0.131 e. The van der Waals surface area contributed by atoms with Crippen LogP contribution in [0, 0.1) is 5.82 Å². The van der Waals surface area contributed by atoms with Crippen molar-refractivity contribution in [3.05, 3.63) is 47.5 Å². The van der Waals surface area contributed by atoms with E-state index in [1.54, 1.807) is 19.2 Å². The highest BCUT2D eigenvalue weighted by molar-refractivity contribution is 5.38. The zero-order valence-corrected chi connectivity index (χ0v) is 12.1. The van der Waals surface area contributed by atoms with Crippen LogP contribution in [0.4, 0.5) is 4.39 Å². The number of aromatic nitrogens is 2. The molecule has 1 aromatic carbocycles. The fraction of sp³-hybridized carbons (Fsp3) is 0.400. The monoisotopic (exact) mass is 277 g/mol. The Labute approximate surface area is 118 Å². The van der Waals surface area contributed by atoms with Gasteiger partial charge in [0.2, 0.25) is 0 Å². The molecule has 0 aliphatic rings. The second kappa shape index (κ2) is 6.52. The average molecular weight is 277 g/mol. The fourth-order valence-electron chi connectivity index (χ4n) is 2.30. The second-order valence-corrected chi connectivity index (χ2v) is 4.61. The molecule has 20 heavy (non-hydrogen) atoms. The van der Waals surface area contributed by atoms with Crippen LogP contribution in [0.3, 0.4) is 0 Å². The summed E-state index contributed by atoms with van der Waals surface area (Å²) in [6.45, 7) is 2.86. The third kappa shape index (κ3) is 2.99. The minimum Gasteiger partial charge on any atom is -0.496 e. The van der Waals surface area contributed by atoms with Crippen molar-refractivity contribution in [1.82, 2.24) is 15.1 Å². The van der Waals surface area contributed by atoms with Crippen LogP contribution in [-0.2, 0) is 13.0 Å². The number of hydrogen-bond donors (Lipinski definition) is 1. The summed E-state index contributed by atoms with van der Waals surface area (Å²) < 4.78 is 21.2. The summed E-state index contributed by atoms with van der Waals surface area (Å²) in [5.41, 5.74) is 1.62. The molecule has 0 spiro atoms. The molecule has 1 atom stereocenters. The molecule has 1 unspecified atom stereocenters. The molecule has 4 nitrogen and oxygen atoms in total. The number of benzene rings is 1. The largest absolute Gasteiger partial charge is 0.496 e. The molecule has 2 aromatic rings. The fourth-order valence-corrected chi connectivity index (χ4v) is 2.30. The molecule has 1 N–H and O–H groups in total. The summed E-state index contributed by atoms with van der Waals surface area (Å²) >= 11 is 0. The molecule has 0 amide bonds. The van der Waals surface area contributed by atoms with Gasteiger partial charge >= 0.3 is 0 Å². The van der Waals surface area contributed by atoms with E-state index in [9.17, 15) is 4.39 Å². The Kier molecular flexibility index (Phi) is 4.74. The van der Waals surface area contributed by atoms with Crippen molar-refractivity contribution in [3.63, 3.8) is 0 Å². The maximum absolute atomic E-state index is 14.1. The van der Waals surface area contributed by atoms with Gasteiger partial charge in [-0.2, -0.15) is 5.10 Å². The lowest BCUT2D eigenvalue weighted by Crippen LogP contribution is -2.20. The molecule has 1 aromatic heterocycles. The van der Waals surface area contributed by atoms with E-state index in [0.717, 1.165) is 12.1 Å². The highest BCUT2D eigenvalue weighted by atomic mass is 19.1. The Morgan fingerprint density at radius 1 is 1.45 bits per heavy atom. The third-order valence-corrected chi connectivity index (χ3v) is 3.38. The standard InChI is InChI=1S/C15H20FN3O/c1-4-19-10-11(9-18-19)8-13(17-2)15-12(16)6-5-7-14(15)20-3/h5-7,9-10,13,17H,4,8H2,1-3H3. The summed E-state index contributed by atoms with van der Waals surface area (Å²) in [7, 11) is 3.38. The number of likely N-dealkylation sites (N-methyl/N-ethyl adjacent to an activating group) is 1. The van der Waals surface area contributed by atoms with Gasteiger partial charge in [-0.1, -0.05) is 6.07 Å². The molecule has 0 radical (unpaired) electrons. The zero-order valence-electron chi connectivity index (χ0n) is 12.1. The van der Waals surface area contributed by atoms with Gasteiger partial charge in [0.15, 0.2) is 0 Å². The molecule has 5 heteroatoms. The predicted octanol–water partition coefficient (Wildman–Crippen LogP) is 2.55. The minimum atomic E-state index is -0.258. The van der Waals surface area contributed by atoms with Crippen LogP contribution in [-0.4, -0.2) is 23.9 Å². The van der Waals surface area contributed by atoms with Crippen molar-refractivity contribution in [2.24, 2.45) is 0 Å². The first-order valence-electron chi connectivity index (χ1n) is 6.70. The van der Waals surface area contributed by atoms with Crippen LogP contribution in [0.1, 0.15) is 24.1 Å². The van der Waals surface area contributed by atoms with Gasteiger partial charge in [0.25, 0.3) is 0 Å². The SMILES string of the molecule is CCn1cc(CC(NC)c2c(F)cccc2OC)cn1. The molecule has 0 aliphatic carbocycles. The van der Waals surface area contributed by atoms with Crippen molar-refractivity contribution in [2.45, 2.75) is 25.9 Å². The zero-order chi connectivity index (χ0) is 14.5. The highest BCUT2D eigenvalue weighted by Crippen LogP contribution is 2.29. The number of rotatable bonds is 6.